The molecule has 1 N–H and O–H groups in total. The number of benzene rings is 1. The minimum atomic E-state index is -0.318. The second-order valence-corrected chi connectivity index (χ2v) is 3.99. The first-order valence-electron chi connectivity index (χ1n) is 5.54. The highest BCUT2D eigenvalue weighted by Gasteiger charge is 2.13. The van der Waals surface area contributed by atoms with E-state index in [-0.39, 0.29) is 12.0 Å². The minimum Gasteiger partial charge on any atom is -0.464 e. The van der Waals surface area contributed by atoms with Gasteiger partial charge in [-0.2, -0.15) is 0 Å². The van der Waals surface area contributed by atoms with Gasteiger partial charge in [0.1, 0.15) is 6.04 Å². The van der Waals surface area contributed by atoms with E-state index in [4.69, 9.17) is 4.74 Å². The molecule has 0 bridgehead atoms. The molecule has 0 saturated heterocycles. The number of esters is 1. The fraction of sp³-hybridized carbons (Fsp3) is 0.462. The van der Waals surface area contributed by atoms with Gasteiger partial charge in [-0.3, -0.25) is 0 Å². The minimum absolute atomic E-state index is 0.221. The highest BCUT2D eigenvalue weighted by molar-refractivity contribution is 5.78. The summed E-state index contributed by atoms with van der Waals surface area (Å²) in [6.07, 6.45) is 0. The molecule has 0 spiro atoms. The SMILES string of the molecule is CCOC(=O)C(C)Nc1cc(C)cc(C)c1. The van der Waals surface area contributed by atoms with Crippen LogP contribution in [0.3, 0.4) is 0 Å². The van der Waals surface area contributed by atoms with Crippen LogP contribution in [0.15, 0.2) is 18.2 Å². The van der Waals surface area contributed by atoms with E-state index in [0.717, 1.165) is 5.69 Å². The van der Waals surface area contributed by atoms with Crippen LogP contribution in [-0.4, -0.2) is 18.6 Å². The van der Waals surface area contributed by atoms with Gasteiger partial charge >= 0.3 is 5.97 Å². The molecule has 88 valence electrons. The molecule has 0 aromatic heterocycles. The Bertz CT molecular complexity index is 354. The summed E-state index contributed by atoms with van der Waals surface area (Å²) in [6, 6.07) is 5.81. The zero-order valence-electron chi connectivity index (χ0n) is 10.3. The van der Waals surface area contributed by atoms with Crippen LogP contribution in [0.4, 0.5) is 5.69 Å². The molecular weight excluding hydrogens is 202 g/mol. The first kappa shape index (κ1) is 12.6. The van der Waals surface area contributed by atoms with Crippen molar-refractivity contribution >= 4 is 11.7 Å². The number of carbonyl (C=O) groups excluding carboxylic acids is 1. The first-order valence-corrected chi connectivity index (χ1v) is 5.54. The van der Waals surface area contributed by atoms with Gasteiger partial charge in [0.15, 0.2) is 0 Å². The third kappa shape index (κ3) is 3.57. The van der Waals surface area contributed by atoms with Crippen molar-refractivity contribution in [2.45, 2.75) is 33.7 Å². The summed E-state index contributed by atoms with van der Waals surface area (Å²) < 4.78 is 4.93. The molecule has 0 aliphatic rings. The summed E-state index contributed by atoms with van der Waals surface area (Å²) in [5.41, 5.74) is 3.31. The molecule has 1 aromatic carbocycles. The Hall–Kier alpha value is -1.51. The van der Waals surface area contributed by atoms with Gasteiger partial charge in [0.25, 0.3) is 0 Å². The van der Waals surface area contributed by atoms with Crippen molar-refractivity contribution in [3.63, 3.8) is 0 Å². The van der Waals surface area contributed by atoms with Gasteiger partial charge in [-0.25, -0.2) is 4.79 Å². The van der Waals surface area contributed by atoms with Gasteiger partial charge in [-0.1, -0.05) is 6.07 Å². The largest absolute Gasteiger partial charge is 0.464 e. The third-order valence-corrected chi connectivity index (χ3v) is 2.25. The van der Waals surface area contributed by atoms with Crippen LogP contribution in [0.1, 0.15) is 25.0 Å². The van der Waals surface area contributed by atoms with Crippen LogP contribution in [-0.2, 0) is 9.53 Å². The molecule has 0 aliphatic carbocycles. The van der Waals surface area contributed by atoms with Crippen LogP contribution in [0.2, 0.25) is 0 Å². The molecule has 1 rings (SSSR count). The molecule has 3 heteroatoms. The molecule has 0 amide bonds. The highest BCUT2D eigenvalue weighted by atomic mass is 16.5. The molecule has 0 fully saturated rings. The van der Waals surface area contributed by atoms with Gasteiger partial charge in [0, 0.05) is 5.69 Å². The van der Waals surface area contributed by atoms with Gasteiger partial charge in [-0.15, -0.1) is 0 Å². The summed E-state index contributed by atoms with van der Waals surface area (Å²) in [7, 11) is 0. The molecule has 0 radical (unpaired) electrons. The lowest BCUT2D eigenvalue weighted by molar-refractivity contribution is -0.143. The van der Waals surface area contributed by atoms with Crippen molar-refractivity contribution in [1.29, 1.82) is 0 Å². The van der Waals surface area contributed by atoms with Crippen LogP contribution in [0.25, 0.3) is 0 Å². The zero-order valence-corrected chi connectivity index (χ0v) is 10.3. The lowest BCUT2D eigenvalue weighted by Crippen LogP contribution is -2.28. The van der Waals surface area contributed by atoms with E-state index in [1.165, 1.54) is 11.1 Å². The fourth-order valence-corrected chi connectivity index (χ4v) is 1.63. The van der Waals surface area contributed by atoms with Crippen molar-refractivity contribution in [3.8, 4) is 0 Å². The topological polar surface area (TPSA) is 38.3 Å². The van der Waals surface area contributed by atoms with Gasteiger partial charge in [0.2, 0.25) is 0 Å². The van der Waals surface area contributed by atoms with Gasteiger partial charge < -0.3 is 10.1 Å². The number of ether oxygens (including phenoxy) is 1. The van der Waals surface area contributed by atoms with Crippen molar-refractivity contribution in [2.24, 2.45) is 0 Å². The Morgan fingerprint density at radius 2 is 1.88 bits per heavy atom. The van der Waals surface area contributed by atoms with E-state index in [1.54, 1.807) is 13.8 Å². The molecular formula is C13H19NO2. The molecule has 1 unspecified atom stereocenters. The predicted octanol–water partition coefficient (Wildman–Crippen LogP) is 2.67. The number of nitrogens with one attached hydrogen (secondary N) is 1. The number of anilines is 1. The number of hydrogen-bond donors (Lipinski definition) is 1. The Morgan fingerprint density at radius 3 is 2.38 bits per heavy atom. The van der Waals surface area contributed by atoms with Crippen molar-refractivity contribution in [1.82, 2.24) is 0 Å². The Kier molecular flexibility index (Phi) is 4.35. The van der Waals surface area contributed by atoms with Gasteiger partial charge in [0.05, 0.1) is 6.61 Å². The maximum Gasteiger partial charge on any atom is 0.328 e. The van der Waals surface area contributed by atoms with Crippen LogP contribution < -0.4 is 5.32 Å². The second kappa shape index (κ2) is 5.54. The van der Waals surface area contributed by atoms with Crippen molar-refractivity contribution in [2.75, 3.05) is 11.9 Å². The molecule has 0 saturated carbocycles. The number of carbonyl (C=O) groups is 1. The molecule has 16 heavy (non-hydrogen) atoms. The lowest BCUT2D eigenvalue weighted by atomic mass is 10.1. The monoisotopic (exact) mass is 221 g/mol. The second-order valence-electron chi connectivity index (χ2n) is 3.99. The standard InChI is InChI=1S/C13H19NO2/c1-5-16-13(15)11(4)14-12-7-9(2)6-10(3)8-12/h6-8,11,14H,5H2,1-4H3. The Balaban J connectivity index is 2.69. The normalized spacial score (nSPS) is 12.0. The van der Waals surface area contributed by atoms with E-state index in [1.807, 2.05) is 26.0 Å². The van der Waals surface area contributed by atoms with Crippen LogP contribution >= 0.6 is 0 Å². The maximum atomic E-state index is 11.4. The van der Waals surface area contributed by atoms with Crippen LogP contribution in [0.5, 0.6) is 0 Å². The van der Waals surface area contributed by atoms with E-state index in [2.05, 4.69) is 11.4 Å². The summed E-state index contributed by atoms with van der Waals surface area (Å²) >= 11 is 0. The first-order chi connectivity index (χ1) is 7.52. The average molecular weight is 221 g/mol. The predicted molar refractivity (Wildman–Crippen MR) is 65.6 cm³/mol. The van der Waals surface area contributed by atoms with E-state index < -0.39 is 0 Å². The van der Waals surface area contributed by atoms with Crippen molar-refractivity contribution < 1.29 is 9.53 Å². The van der Waals surface area contributed by atoms with Gasteiger partial charge in [-0.05, 0) is 51.0 Å². The smallest absolute Gasteiger partial charge is 0.328 e. The fourth-order valence-electron chi connectivity index (χ4n) is 1.63. The van der Waals surface area contributed by atoms with E-state index in [0.29, 0.717) is 6.61 Å². The molecule has 1 aromatic rings. The highest BCUT2D eigenvalue weighted by Crippen LogP contribution is 2.14. The molecule has 0 aliphatic heterocycles. The number of hydrogen-bond acceptors (Lipinski definition) is 3. The summed E-state index contributed by atoms with van der Waals surface area (Å²) in [5.74, 6) is -0.221. The summed E-state index contributed by atoms with van der Waals surface area (Å²) in [6.45, 7) is 8.09. The number of aryl methyl sites for hydroxylation is 2. The van der Waals surface area contributed by atoms with Crippen LogP contribution in [0, 0.1) is 13.8 Å². The average Bonchev–Trinajstić information content (AvgIpc) is 2.16. The Labute approximate surface area is 96.8 Å². The zero-order chi connectivity index (χ0) is 12.1. The van der Waals surface area contributed by atoms with E-state index in [9.17, 15) is 4.79 Å². The molecule has 1 atom stereocenters. The number of rotatable bonds is 4. The quantitative estimate of drug-likeness (QED) is 0.794. The van der Waals surface area contributed by atoms with Crippen molar-refractivity contribution in [3.05, 3.63) is 29.3 Å². The maximum absolute atomic E-state index is 11.4. The molecule has 0 heterocycles. The summed E-state index contributed by atoms with van der Waals surface area (Å²) in [5, 5.41) is 3.13. The Morgan fingerprint density at radius 1 is 1.31 bits per heavy atom. The summed E-state index contributed by atoms with van der Waals surface area (Å²) in [4.78, 5) is 11.4. The lowest BCUT2D eigenvalue weighted by Gasteiger charge is -2.14. The third-order valence-electron chi connectivity index (χ3n) is 2.25. The molecule has 3 nitrogen and oxygen atoms in total. The van der Waals surface area contributed by atoms with E-state index >= 15 is 0 Å².